The van der Waals surface area contributed by atoms with E-state index in [4.69, 9.17) is 16.3 Å². The second kappa shape index (κ2) is 14.1. The Morgan fingerprint density at radius 3 is 1.44 bits per heavy atom. The standard InChI is InChI=1S/C57H39NO/c1-38-48-18-10-13-23-56(48)59-37-47-34-45(32-33-51(47)57(38)52-21-11-8-19-49(52)50-20-9-12-22-53(50)57)41-24-26-42(27-25-41)46-35-54(43-16-6-3-7-17-43)58-55(36-46)44-30-28-40(29-31-44)39-14-4-2-5-15-39/h2-36H,1,37H2. The minimum absolute atomic E-state index is 0.450. The van der Waals surface area contributed by atoms with Crippen molar-refractivity contribution in [3.05, 3.63) is 247 Å². The van der Waals surface area contributed by atoms with Crippen LogP contribution >= 0.6 is 0 Å². The minimum atomic E-state index is -0.567. The second-order valence-corrected chi connectivity index (χ2v) is 15.5. The molecule has 0 atom stereocenters. The van der Waals surface area contributed by atoms with Gasteiger partial charge in [-0.25, -0.2) is 4.98 Å². The molecule has 9 aromatic rings. The first-order chi connectivity index (χ1) is 29.1. The van der Waals surface area contributed by atoms with E-state index >= 15 is 0 Å². The van der Waals surface area contributed by atoms with Crippen molar-refractivity contribution < 1.29 is 4.74 Å². The molecule has 1 aromatic heterocycles. The zero-order valence-electron chi connectivity index (χ0n) is 32.5. The SMILES string of the molecule is C=C1c2ccccc2OCc2cc(-c3ccc(-c4cc(-c5ccccc5)nc(-c5ccc(-c6ccccc6)cc5)c4)cc3)ccc2C12c1ccccc1-c1ccccc12. The van der Waals surface area contributed by atoms with E-state index in [0.717, 1.165) is 67.2 Å². The van der Waals surface area contributed by atoms with E-state index in [-0.39, 0.29) is 0 Å². The number of para-hydroxylation sites is 1. The van der Waals surface area contributed by atoms with E-state index in [0.29, 0.717) is 6.61 Å². The van der Waals surface area contributed by atoms with Crippen LogP contribution in [0.25, 0.3) is 72.6 Å². The van der Waals surface area contributed by atoms with E-state index in [1.807, 2.05) is 12.1 Å². The lowest BCUT2D eigenvalue weighted by molar-refractivity contribution is 0.301. The van der Waals surface area contributed by atoms with Gasteiger partial charge in [-0.05, 0) is 96.6 Å². The summed E-state index contributed by atoms with van der Waals surface area (Å²) < 4.78 is 6.63. The molecule has 2 nitrogen and oxygen atoms in total. The van der Waals surface area contributed by atoms with Crippen molar-refractivity contribution in [3.63, 3.8) is 0 Å². The van der Waals surface area contributed by atoms with Crippen molar-refractivity contribution >= 4 is 5.57 Å². The van der Waals surface area contributed by atoms with Gasteiger partial charge in [0.05, 0.1) is 16.8 Å². The molecular formula is C57H39NO. The van der Waals surface area contributed by atoms with Crippen LogP contribution in [0, 0.1) is 0 Å². The highest BCUT2D eigenvalue weighted by molar-refractivity contribution is 5.96. The summed E-state index contributed by atoms with van der Waals surface area (Å²) in [5.41, 5.74) is 19.9. The van der Waals surface area contributed by atoms with E-state index in [2.05, 4.69) is 200 Å². The zero-order chi connectivity index (χ0) is 39.3. The van der Waals surface area contributed by atoms with Gasteiger partial charge in [0.25, 0.3) is 0 Å². The second-order valence-electron chi connectivity index (χ2n) is 15.5. The van der Waals surface area contributed by atoms with Crippen LogP contribution in [0.4, 0.5) is 0 Å². The third-order valence-electron chi connectivity index (χ3n) is 12.2. The average Bonchev–Trinajstić information content (AvgIpc) is 3.62. The molecular weight excluding hydrogens is 715 g/mol. The monoisotopic (exact) mass is 753 g/mol. The number of rotatable bonds is 5. The van der Waals surface area contributed by atoms with Crippen LogP contribution in [0.1, 0.15) is 27.8 Å². The Balaban J connectivity index is 0.996. The quantitative estimate of drug-likeness (QED) is 0.175. The smallest absolute Gasteiger partial charge is 0.127 e. The first kappa shape index (κ1) is 34.7. The van der Waals surface area contributed by atoms with Crippen LogP contribution in [-0.2, 0) is 12.0 Å². The predicted molar refractivity (Wildman–Crippen MR) is 243 cm³/mol. The van der Waals surface area contributed by atoms with Gasteiger partial charge in [0.1, 0.15) is 12.4 Å². The number of hydrogen-bond acceptors (Lipinski definition) is 2. The number of allylic oxidation sites excluding steroid dienone is 1. The number of fused-ring (bicyclic) bond motifs is 8. The molecule has 1 spiro atoms. The van der Waals surface area contributed by atoms with Crippen LogP contribution in [0.5, 0.6) is 5.75 Å². The minimum Gasteiger partial charge on any atom is -0.488 e. The summed E-state index contributed by atoms with van der Waals surface area (Å²) in [6.45, 7) is 5.34. The first-order valence-electron chi connectivity index (χ1n) is 20.2. The Labute approximate surface area is 345 Å². The number of nitrogens with zero attached hydrogens (tertiary/aromatic N) is 1. The number of pyridine rings is 1. The number of aromatic nitrogens is 1. The summed E-state index contributed by atoms with van der Waals surface area (Å²) in [7, 11) is 0. The number of benzene rings is 8. The third kappa shape index (κ3) is 5.76. The van der Waals surface area contributed by atoms with Crippen molar-refractivity contribution in [2.24, 2.45) is 0 Å². The topological polar surface area (TPSA) is 22.1 Å². The molecule has 0 amide bonds. The normalized spacial score (nSPS) is 13.3. The van der Waals surface area contributed by atoms with Crippen LogP contribution in [0.2, 0.25) is 0 Å². The highest BCUT2D eigenvalue weighted by atomic mass is 16.5. The summed E-state index contributed by atoms with van der Waals surface area (Å²) in [5, 5.41) is 0. The molecule has 59 heavy (non-hydrogen) atoms. The van der Waals surface area contributed by atoms with Gasteiger partial charge in [0, 0.05) is 16.7 Å². The largest absolute Gasteiger partial charge is 0.488 e. The highest BCUT2D eigenvalue weighted by Gasteiger charge is 2.49. The maximum absolute atomic E-state index is 6.63. The molecule has 11 rings (SSSR count). The van der Waals surface area contributed by atoms with Crippen molar-refractivity contribution in [3.8, 4) is 72.8 Å². The molecule has 1 aliphatic heterocycles. The molecule has 1 aliphatic carbocycles. The lowest BCUT2D eigenvalue weighted by Crippen LogP contribution is -2.31. The van der Waals surface area contributed by atoms with E-state index in [1.54, 1.807) is 0 Å². The van der Waals surface area contributed by atoms with Crippen LogP contribution in [-0.4, -0.2) is 4.98 Å². The van der Waals surface area contributed by atoms with E-state index < -0.39 is 5.41 Å². The highest BCUT2D eigenvalue weighted by Crippen LogP contribution is 2.60. The van der Waals surface area contributed by atoms with Crippen LogP contribution in [0.3, 0.4) is 0 Å². The van der Waals surface area contributed by atoms with Gasteiger partial charge in [0.2, 0.25) is 0 Å². The Morgan fingerprint density at radius 2 is 0.814 bits per heavy atom. The molecule has 8 aromatic carbocycles. The van der Waals surface area contributed by atoms with Crippen molar-refractivity contribution in [1.29, 1.82) is 0 Å². The number of ether oxygens (including phenoxy) is 1. The Morgan fingerprint density at radius 1 is 0.373 bits per heavy atom. The maximum atomic E-state index is 6.63. The van der Waals surface area contributed by atoms with Gasteiger partial charge in [0.15, 0.2) is 0 Å². The van der Waals surface area contributed by atoms with Gasteiger partial charge in [-0.2, -0.15) is 0 Å². The van der Waals surface area contributed by atoms with Gasteiger partial charge in [-0.1, -0.05) is 195 Å². The van der Waals surface area contributed by atoms with Crippen molar-refractivity contribution in [2.75, 3.05) is 0 Å². The Kier molecular flexibility index (Phi) is 8.30. The van der Waals surface area contributed by atoms with Gasteiger partial charge in [-0.3, -0.25) is 0 Å². The summed E-state index contributed by atoms with van der Waals surface area (Å²) in [6, 6.07) is 76.0. The molecule has 0 saturated heterocycles. The molecule has 278 valence electrons. The predicted octanol–water partition coefficient (Wildman–Crippen LogP) is 14.3. The van der Waals surface area contributed by atoms with Crippen LogP contribution < -0.4 is 4.74 Å². The maximum Gasteiger partial charge on any atom is 0.127 e. The summed E-state index contributed by atoms with van der Waals surface area (Å²) >= 11 is 0. The Hall–Kier alpha value is -7.55. The lowest BCUT2D eigenvalue weighted by atomic mass is 9.64. The third-order valence-corrected chi connectivity index (χ3v) is 12.2. The Bertz CT molecular complexity index is 2990. The first-order valence-corrected chi connectivity index (χ1v) is 20.2. The summed E-state index contributed by atoms with van der Waals surface area (Å²) in [6.07, 6.45) is 0. The summed E-state index contributed by atoms with van der Waals surface area (Å²) in [5.74, 6) is 0.859. The van der Waals surface area contributed by atoms with Gasteiger partial charge in [-0.15, -0.1) is 0 Å². The average molecular weight is 754 g/mol. The molecule has 2 heterocycles. The molecule has 0 radical (unpaired) electrons. The molecule has 0 saturated carbocycles. The number of hydrogen-bond donors (Lipinski definition) is 0. The molecule has 0 fully saturated rings. The fourth-order valence-corrected chi connectivity index (χ4v) is 9.39. The molecule has 2 aliphatic rings. The van der Waals surface area contributed by atoms with Gasteiger partial charge >= 0.3 is 0 Å². The fourth-order valence-electron chi connectivity index (χ4n) is 9.39. The zero-order valence-corrected chi connectivity index (χ0v) is 32.5. The fraction of sp³-hybridized carbons (Fsp3) is 0.0351. The lowest BCUT2D eigenvalue weighted by Gasteiger charge is -2.39. The van der Waals surface area contributed by atoms with Crippen LogP contribution in [0.15, 0.2) is 219 Å². The van der Waals surface area contributed by atoms with Gasteiger partial charge < -0.3 is 4.74 Å². The molecule has 2 heteroatoms. The molecule has 0 unspecified atom stereocenters. The van der Waals surface area contributed by atoms with Crippen molar-refractivity contribution in [2.45, 2.75) is 12.0 Å². The molecule has 0 N–H and O–H groups in total. The van der Waals surface area contributed by atoms with E-state index in [9.17, 15) is 0 Å². The summed E-state index contributed by atoms with van der Waals surface area (Å²) in [4.78, 5) is 5.18. The molecule has 0 bridgehead atoms. The van der Waals surface area contributed by atoms with Crippen molar-refractivity contribution in [1.82, 2.24) is 4.98 Å². The van der Waals surface area contributed by atoms with E-state index in [1.165, 1.54) is 38.9 Å².